The van der Waals surface area contributed by atoms with Crippen LogP contribution in [0, 0.1) is 0 Å². The van der Waals surface area contributed by atoms with Crippen LogP contribution in [0.1, 0.15) is 56.0 Å². The van der Waals surface area contributed by atoms with Crippen molar-refractivity contribution >= 4 is 5.78 Å². The summed E-state index contributed by atoms with van der Waals surface area (Å²) < 4.78 is 13.7. The number of carbonyl (C=O) groups excluding carboxylic acids is 1. The average Bonchev–Trinajstić information content (AvgIpc) is 2.99. The Morgan fingerprint density at radius 1 is 1.17 bits per heavy atom. The van der Waals surface area contributed by atoms with Crippen molar-refractivity contribution in [2.45, 2.75) is 46.6 Å². The first-order chi connectivity index (χ1) is 11.6. The molecule has 24 heavy (non-hydrogen) atoms. The Kier molecular flexibility index (Phi) is 4.65. The van der Waals surface area contributed by atoms with E-state index in [4.69, 9.17) is 9.47 Å². The fourth-order valence-corrected chi connectivity index (χ4v) is 3.46. The number of benzene rings is 1. The molecule has 1 aliphatic heterocycles. The molecule has 1 aliphatic rings. The highest BCUT2D eigenvalue weighted by atomic mass is 16.5. The van der Waals surface area contributed by atoms with Crippen LogP contribution < -0.4 is 9.47 Å². The third-order valence-electron chi connectivity index (χ3n) is 4.56. The van der Waals surface area contributed by atoms with Crippen LogP contribution in [0.15, 0.2) is 24.4 Å². The van der Waals surface area contributed by atoms with Gasteiger partial charge in [-0.1, -0.05) is 13.8 Å². The lowest BCUT2D eigenvalue weighted by molar-refractivity contribution is 0.0988. The molecular weight excluding hydrogens is 302 g/mol. The third-order valence-corrected chi connectivity index (χ3v) is 4.56. The molecule has 2 aromatic rings. The summed E-state index contributed by atoms with van der Waals surface area (Å²) >= 11 is 0. The number of aromatic nitrogens is 1. The number of hydrogen-bond donors (Lipinski definition) is 0. The molecule has 0 fully saturated rings. The SMILES string of the molecule is CCOc1cc2c(cc1OCC)C(C)Cn1ccc(C(=O)CC)c1-2. The van der Waals surface area contributed by atoms with Crippen LogP contribution in [0.3, 0.4) is 0 Å². The van der Waals surface area contributed by atoms with Crippen LogP contribution >= 0.6 is 0 Å². The van der Waals surface area contributed by atoms with Crippen LogP contribution in [-0.2, 0) is 6.54 Å². The number of ether oxygens (including phenoxy) is 2. The van der Waals surface area contributed by atoms with Gasteiger partial charge in [-0.25, -0.2) is 0 Å². The Balaban J connectivity index is 2.20. The molecule has 1 unspecified atom stereocenters. The zero-order chi connectivity index (χ0) is 17.3. The monoisotopic (exact) mass is 327 g/mol. The topological polar surface area (TPSA) is 40.5 Å². The van der Waals surface area contributed by atoms with Gasteiger partial charge < -0.3 is 14.0 Å². The Hall–Kier alpha value is -2.23. The van der Waals surface area contributed by atoms with E-state index in [2.05, 4.69) is 17.6 Å². The molecule has 0 saturated heterocycles. The van der Waals surface area contributed by atoms with Crippen molar-refractivity contribution in [1.29, 1.82) is 0 Å². The summed E-state index contributed by atoms with van der Waals surface area (Å²) in [5, 5.41) is 0. The van der Waals surface area contributed by atoms with Crippen molar-refractivity contribution in [2.75, 3.05) is 13.2 Å². The molecule has 0 radical (unpaired) electrons. The molecule has 1 atom stereocenters. The highest BCUT2D eigenvalue weighted by Crippen LogP contribution is 2.44. The van der Waals surface area contributed by atoms with Gasteiger partial charge in [0, 0.05) is 30.3 Å². The minimum Gasteiger partial charge on any atom is -0.490 e. The number of hydrogen-bond acceptors (Lipinski definition) is 3. The quantitative estimate of drug-likeness (QED) is 0.724. The maximum Gasteiger partial charge on any atom is 0.164 e. The van der Waals surface area contributed by atoms with Gasteiger partial charge >= 0.3 is 0 Å². The minimum atomic E-state index is 0.177. The Morgan fingerprint density at radius 2 is 1.83 bits per heavy atom. The van der Waals surface area contributed by atoms with Crippen LogP contribution in [-0.4, -0.2) is 23.6 Å². The Labute approximate surface area is 143 Å². The van der Waals surface area contributed by atoms with Gasteiger partial charge in [-0.3, -0.25) is 4.79 Å². The first-order valence-corrected chi connectivity index (χ1v) is 8.76. The molecule has 2 heterocycles. The molecular formula is C20H25NO3. The van der Waals surface area contributed by atoms with E-state index in [0.29, 0.717) is 25.6 Å². The first kappa shape index (κ1) is 16.6. The van der Waals surface area contributed by atoms with E-state index in [9.17, 15) is 4.79 Å². The first-order valence-electron chi connectivity index (χ1n) is 8.76. The molecule has 4 heteroatoms. The summed E-state index contributed by atoms with van der Waals surface area (Å²) in [5.41, 5.74) is 4.12. The molecule has 1 aromatic heterocycles. The van der Waals surface area contributed by atoms with Crippen molar-refractivity contribution in [3.63, 3.8) is 0 Å². The molecule has 0 saturated carbocycles. The standard InChI is InChI=1S/C20H25NO3/c1-5-17(22)14-8-9-21-12-13(4)15-10-18(23-6-2)19(24-7-3)11-16(15)20(14)21/h8-11,13H,5-7,12H2,1-4H3. The van der Waals surface area contributed by atoms with Gasteiger partial charge in [-0.05, 0) is 43.5 Å². The smallest absolute Gasteiger partial charge is 0.164 e. The molecule has 4 nitrogen and oxygen atoms in total. The van der Waals surface area contributed by atoms with Gasteiger partial charge in [-0.2, -0.15) is 0 Å². The van der Waals surface area contributed by atoms with Gasteiger partial charge in [0.2, 0.25) is 0 Å². The minimum absolute atomic E-state index is 0.177. The van der Waals surface area contributed by atoms with Crippen molar-refractivity contribution in [3.8, 4) is 22.8 Å². The molecule has 0 aliphatic carbocycles. The lowest BCUT2D eigenvalue weighted by atomic mass is 9.88. The van der Waals surface area contributed by atoms with Crippen LogP contribution in [0.5, 0.6) is 11.5 Å². The van der Waals surface area contributed by atoms with Crippen molar-refractivity contribution in [1.82, 2.24) is 4.57 Å². The van der Waals surface area contributed by atoms with E-state index in [1.807, 2.05) is 39.1 Å². The Bertz CT molecular complexity index is 760. The van der Waals surface area contributed by atoms with Crippen LogP contribution in [0.25, 0.3) is 11.3 Å². The van der Waals surface area contributed by atoms with E-state index in [-0.39, 0.29) is 5.78 Å². The van der Waals surface area contributed by atoms with Gasteiger partial charge in [0.25, 0.3) is 0 Å². The molecule has 3 rings (SSSR count). The second-order valence-corrected chi connectivity index (χ2v) is 6.16. The van der Waals surface area contributed by atoms with Crippen molar-refractivity contribution in [3.05, 3.63) is 35.5 Å². The lowest BCUT2D eigenvalue weighted by Gasteiger charge is -2.27. The normalized spacial score (nSPS) is 15.6. The summed E-state index contributed by atoms with van der Waals surface area (Å²) in [6.45, 7) is 10.1. The molecule has 0 amide bonds. The summed E-state index contributed by atoms with van der Waals surface area (Å²) in [7, 11) is 0. The number of nitrogens with zero attached hydrogens (tertiary/aromatic N) is 1. The van der Waals surface area contributed by atoms with Gasteiger partial charge in [0.15, 0.2) is 17.3 Å². The largest absolute Gasteiger partial charge is 0.490 e. The fraction of sp³-hybridized carbons (Fsp3) is 0.450. The molecule has 0 bridgehead atoms. The van der Waals surface area contributed by atoms with E-state index in [1.54, 1.807) is 0 Å². The molecule has 1 aromatic carbocycles. The van der Waals surface area contributed by atoms with Crippen LogP contribution in [0.2, 0.25) is 0 Å². The van der Waals surface area contributed by atoms with Gasteiger partial charge in [0.05, 0.1) is 18.9 Å². The van der Waals surface area contributed by atoms with E-state index in [1.165, 1.54) is 5.56 Å². The average molecular weight is 327 g/mol. The molecule has 128 valence electrons. The number of fused-ring (bicyclic) bond motifs is 3. The second kappa shape index (κ2) is 6.71. The third kappa shape index (κ3) is 2.70. The zero-order valence-electron chi connectivity index (χ0n) is 14.9. The second-order valence-electron chi connectivity index (χ2n) is 6.16. The summed E-state index contributed by atoms with van der Waals surface area (Å²) in [5.74, 6) is 2.07. The van der Waals surface area contributed by atoms with Crippen LogP contribution in [0.4, 0.5) is 0 Å². The molecule has 0 N–H and O–H groups in total. The fourth-order valence-electron chi connectivity index (χ4n) is 3.46. The summed E-state index contributed by atoms with van der Waals surface area (Å²) in [6, 6.07) is 6.07. The van der Waals surface area contributed by atoms with E-state index in [0.717, 1.165) is 34.9 Å². The maximum absolute atomic E-state index is 12.3. The van der Waals surface area contributed by atoms with Gasteiger partial charge in [-0.15, -0.1) is 0 Å². The number of ketones is 1. The predicted molar refractivity (Wildman–Crippen MR) is 95.2 cm³/mol. The number of carbonyl (C=O) groups is 1. The number of Topliss-reactive ketones (excluding diaryl/α,β-unsaturated/α-hetero) is 1. The highest BCUT2D eigenvalue weighted by molar-refractivity contribution is 6.02. The predicted octanol–water partition coefficient (Wildman–Crippen LogP) is 4.66. The summed E-state index contributed by atoms with van der Waals surface area (Å²) in [6.07, 6.45) is 2.53. The zero-order valence-corrected chi connectivity index (χ0v) is 14.9. The van der Waals surface area contributed by atoms with E-state index >= 15 is 0 Å². The van der Waals surface area contributed by atoms with Crippen molar-refractivity contribution < 1.29 is 14.3 Å². The molecule has 0 spiro atoms. The summed E-state index contributed by atoms with van der Waals surface area (Å²) in [4.78, 5) is 12.3. The lowest BCUT2D eigenvalue weighted by Crippen LogP contribution is -2.16. The Morgan fingerprint density at radius 3 is 2.46 bits per heavy atom. The van der Waals surface area contributed by atoms with E-state index < -0.39 is 0 Å². The number of rotatable bonds is 6. The highest BCUT2D eigenvalue weighted by Gasteiger charge is 2.28. The van der Waals surface area contributed by atoms with Gasteiger partial charge in [0.1, 0.15) is 0 Å². The van der Waals surface area contributed by atoms with Crippen molar-refractivity contribution in [2.24, 2.45) is 0 Å². The maximum atomic E-state index is 12.3.